The molecule has 1 rings (SSSR count). The maximum Gasteiger partial charge on any atom is 0.237 e. The second kappa shape index (κ2) is 15.6. The summed E-state index contributed by atoms with van der Waals surface area (Å²) in [6.45, 7) is 9.78. The topological polar surface area (TPSA) is 88.9 Å². The van der Waals surface area contributed by atoms with Crippen molar-refractivity contribution in [2.75, 3.05) is 52.8 Å². The standard InChI is InChI=1S/C21H27N3O4/c1-24-11-14-27-18-21(16-25-12-5-9-22,17-26-13-6-10-23)19-28-15-20-7-3-2-4-8-20/h2-4,7-8H,5-6,11-19H2. The highest BCUT2D eigenvalue weighted by Gasteiger charge is 2.32. The normalized spacial score (nSPS) is 10.8. The van der Waals surface area contributed by atoms with E-state index in [4.69, 9.17) is 36.0 Å². The summed E-state index contributed by atoms with van der Waals surface area (Å²) in [7, 11) is 0. The molecular weight excluding hydrogens is 358 g/mol. The third-order valence-electron chi connectivity index (χ3n) is 3.81. The van der Waals surface area contributed by atoms with Gasteiger partial charge in [0.1, 0.15) is 6.61 Å². The Bertz CT molecular complexity index is 591. The molecule has 28 heavy (non-hydrogen) atoms. The predicted molar refractivity (Wildman–Crippen MR) is 103 cm³/mol. The van der Waals surface area contributed by atoms with Gasteiger partial charge in [0, 0.05) is 0 Å². The Morgan fingerprint density at radius 1 is 0.821 bits per heavy atom. The van der Waals surface area contributed by atoms with Gasteiger partial charge in [0.15, 0.2) is 0 Å². The molecule has 0 saturated heterocycles. The van der Waals surface area contributed by atoms with Crippen molar-refractivity contribution in [2.24, 2.45) is 5.41 Å². The lowest BCUT2D eigenvalue weighted by Gasteiger charge is -2.32. The Labute approximate surface area is 167 Å². The fraction of sp³-hybridized carbons (Fsp3) is 0.571. The van der Waals surface area contributed by atoms with Gasteiger partial charge in [-0.1, -0.05) is 30.3 Å². The molecule has 1 aromatic rings. The fourth-order valence-electron chi connectivity index (χ4n) is 2.42. The first-order valence-corrected chi connectivity index (χ1v) is 9.18. The number of benzene rings is 1. The van der Waals surface area contributed by atoms with Crippen LogP contribution in [0.15, 0.2) is 30.3 Å². The van der Waals surface area contributed by atoms with Crippen molar-refractivity contribution in [3.05, 3.63) is 47.3 Å². The molecule has 0 aliphatic rings. The molecule has 0 unspecified atom stereocenters. The van der Waals surface area contributed by atoms with Gasteiger partial charge in [-0.15, -0.1) is 0 Å². The van der Waals surface area contributed by atoms with Gasteiger partial charge in [-0.25, -0.2) is 6.57 Å². The van der Waals surface area contributed by atoms with E-state index < -0.39 is 5.41 Å². The Kier molecular flexibility index (Phi) is 13.1. The summed E-state index contributed by atoms with van der Waals surface area (Å²) < 4.78 is 22.9. The van der Waals surface area contributed by atoms with E-state index >= 15 is 0 Å². The van der Waals surface area contributed by atoms with Crippen LogP contribution in [0.1, 0.15) is 18.4 Å². The second-order valence-corrected chi connectivity index (χ2v) is 6.33. The minimum absolute atomic E-state index is 0.283. The molecule has 0 radical (unpaired) electrons. The van der Waals surface area contributed by atoms with Gasteiger partial charge in [0.2, 0.25) is 6.54 Å². The van der Waals surface area contributed by atoms with Crippen LogP contribution in [0.4, 0.5) is 0 Å². The third kappa shape index (κ3) is 10.6. The van der Waals surface area contributed by atoms with E-state index in [0.29, 0.717) is 65.7 Å². The molecule has 0 spiro atoms. The van der Waals surface area contributed by atoms with Crippen LogP contribution in [0.3, 0.4) is 0 Å². The monoisotopic (exact) mass is 385 g/mol. The lowest BCUT2D eigenvalue weighted by molar-refractivity contribution is -0.107. The summed E-state index contributed by atoms with van der Waals surface area (Å²) in [6.07, 6.45) is 0.601. The van der Waals surface area contributed by atoms with Gasteiger partial charge >= 0.3 is 0 Å². The average Bonchev–Trinajstić information content (AvgIpc) is 2.72. The van der Waals surface area contributed by atoms with Gasteiger partial charge in [-0.2, -0.15) is 10.5 Å². The molecule has 0 heterocycles. The highest BCUT2D eigenvalue weighted by Crippen LogP contribution is 2.22. The summed E-state index contributed by atoms with van der Waals surface area (Å²) in [5.41, 5.74) is 0.475. The van der Waals surface area contributed by atoms with Crippen molar-refractivity contribution in [1.82, 2.24) is 0 Å². The molecular formula is C21H27N3O4. The van der Waals surface area contributed by atoms with Crippen LogP contribution in [0.2, 0.25) is 0 Å². The zero-order chi connectivity index (χ0) is 20.3. The van der Waals surface area contributed by atoms with E-state index in [2.05, 4.69) is 17.0 Å². The van der Waals surface area contributed by atoms with Crippen molar-refractivity contribution in [1.29, 1.82) is 10.5 Å². The minimum Gasteiger partial charge on any atom is -0.380 e. The molecule has 0 bridgehead atoms. The quantitative estimate of drug-likeness (QED) is 0.321. The van der Waals surface area contributed by atoms with Crippen LogP contribution in [0.5, 0.6) is 0 Å². The van der Waals surface area contributed by atoms with Crippen molar-refractivity contribution >= 4 is 0 Å². The third-order valence-corrected chi connectivity index (χ3v) is 3.81. The Balaban J connectivity index is 2.71. The molecule has 0 fully saturated rings. The zero-order valence-corrected chi connectivity index (χ0v) is 16.1. The van der Waals surface area contributed by atoms with Crippen LogP contribution in [-0.2, 0) is 25.6 Å². The van der Waals surface area contributed by atoms with Gasteiger partial charge in [0.25, 0.3) is 0 Å². The molecule has 0 aliphatic heterocycles. The maximum absolute atomic E-state index is 8.70. The van der Waals surface area contributed by atoms with Gasteiger partial charge < -0.3 is 23.8 Å². The molecule has 150 valence electrons. The number of nitrogens with zero attached hydrogens (tertiary/aromatic N) is 3. The first kappa shape index (κ1) is 23.6. The Morgan fingerprint density at radius 3 is 1.89 bits per heavy atom. The molecule has 0 aliphatic carbocycles. The Morgan fingerprint density at radius 2 is 1.36 bits per heavy atom. The molecule has 7 heteroatoms. The van der Waals surface area contributed by atoms with Crippen LogP contribution in [0, 0.1) is 34.6 Å². The van der Waals surface area contributed by atoms with Gasteiger partial charge in [-0.05, 0) is 5.56 Å². The number of ether oxygens (including phenoxy) is 4. The van der Waals surface area contributed by atoms with Crippen LogP contribution in [0.25, 0.3) is 4.85 Å². The average molecular weight is 385 g/mol. The fourth-order valence-corrected chi connectivity index (χ4v) is 2.42. The Hall–Kier alpha value is -2.47. The van der Waals surface area contributed by atoms with Crippen LogP contribution >= 0.6 is 0 Å². The smallest absolute Gasteiger partial charge is 0.237 e. The number of rotatable bonds is 16. The highest BCUT2D eigenvalue weighted by molar-refractivity contribution is 5.13. The van der Waals surface area contributed by atoms with Crippen molar-refractivity contribution in [3.63, 3.8) is 0 Å². The summed E-state index contributed by atoms with van der Waals surface area (Å²) in [5.74, 6) is 0. The van der Waals surface area contributed by atoms with E-state index in [1.165, 1.54) is 0 Å². The number of hydrogen-bond acceptors (Lipinski definition) is 6. The first-order valence-electron chi connectivity index (χ1n) is 9.18. The van der Waals surface area contributed by atoms with Crippen LogP contribution in [-0.4, -0.2) is 52.8 Å². The molecule has 0 saturated carbocycles. The van der Waals surface area contributed by atoms with Crippen molar-refractivity contribution in [3.8, 4) is 12.1 Å². The van der Waals surface area contributed by atoms with Crippen LogP contribution < -0.4 is 0 Å². The molecule has 0 atom stereocenters. The lowest BCUT2D eigenvalue weighted by atomic mass is 9.92. The number of hydrogen-bond donors (Lipinski definition) is 0. The van der Waals surface area contributed by atoms with Crippen molar-refractivity contribution in [2.45, 2.75) is 19.4 Å². The van der Waals surface area contributed by atoms with Gasteiger partial charge in [0.05, 0.1) is 76.6 Å². The molecule has 1 aromatic carbocycles. The molecule has 0 aromatic heterocycles. The van der Waals surface area contributed by atoms with E-state index in [1.54, 1.807) is 0 Å². The molecule has 0 N–H and O–H groups in total. The van der Waals surface area contributed by atoms with E-state index in [1.807, 2.05) is 30.3 Å². The largest absolute Gasteiger partial charge is 0.380 e. The summed E-state index contributed by atoms with van der Waals surface area (Å²) in [6, 6.07) is 13.9. The van der Waals surface area contributed by atoms with Gasteiger partial charge in [-0.3, -0.25) is 0 Å². The molecule has 7 nitrogen and oxygen atoms in total. The second-order valence-electron chi connectivity index (χ2n) is 6.33. The summed E-state index contributed by atoms with van der Waals surface area (Å²) >= 11 is 0. The van der Waals surface area contributed by atoms with E-state index in [0.717, 1.165) is 5.56 Å². The summed E-state index contributed by atoms with van der Waals surface area (Å²) in [5, 5.41) is 17.4. The number of nitriles is 2. The molecule has 0 amide bonds. The first-order chi connectivity index (χ1) is 13.8. The zero-order valence-electron chi connectivity index (χ0n) is 16.1. The van der Waals surface area contributed by atoms with Crippen molar-refractivity contribution < 1.29 is 18.9 Å². The predicted octanol–water partition coefficient (Wildman–Crippen LogP) is 2.99. The lowest BCUT2D eigenvalue weighted by Crippen LogP contribution is -2.42. The minimum atomic E-state index is -0.582. The van der Waals surface area contributed by atoms with E-state index in [-0.39, 0.29) is 6.54 Å². The highest BCUT2D eigenvalue weighted by atomic mass is 16.5. The van der Waals surface area contributed by atoms with E-state index in [9.17, 15) is 0 Å². The SMILES string of the molecule is [C-]#[N+]CCOCC(COCCC#N)(COCCC#N)COCc1ccccc1. The maximum atomic E-state index is 8.70. The summed E-state index contributed by atoms with van der Waals surface area (Å²) in [4.78, 5) is 3.29.